The van der Waals surface area contributed by atoms with Crippen LogP contribution in [0.15, 0.2) is 54.9 Å². The maximum Gasteiger partial charge on any atom is 0.224 e. The van der Waals surface area contributed by atoms with Gasteiger partial charge in [-0.2, -0.15) is 0 Å². The molecule has 0 fully saturated rings. The first-order chi connectivity index (χ1) is 12.8. The maximum atomic E-state index is 12.1. The van der Waals surface area contributed by atoms with Gasteiger partial charge in [-0.15, -0.1) is 5.10 Å². The molecule has 0 radical (unpaired) electrons. The molecule has 1 N–H and O–H groups in total. The van der Waals surface area contributed by atoms with Gasteiger partial charge in [0.1, 0.15) is 12.1 Å². The lowest BCUT2D eigenvalue weighted by molar-refractivity contribution is -0.120. The highest BCUT2D eigenvalue weighted by molar-refractivity contribution is 5.78. The van der Waals surface area contributed by atoms with Crippen molar-refractivity contribution in [2.75, 3.05) is 13.7 Å². The highest BCUT2D eigenvalue weighted by atomic mass is 16.5. The lowest BCUT2D eigenvalue weighted by Crippen LogP contribution is -2.26. The number of nitrogens with zero attached hydrogens (tertiary/aromatic N) is 4. The molecule has 7 heteroatoms. The van der Waals surface area contributed by atoms with E-state index in [9.17, 15) is 4.79 Å². The number of hydrogen-bond acceptors (Lipinski definition) is 5. The summed E-state index contributed by atoms with van der Waals surface area (Å²) in [5.74, 6) is 0.904. The maximum absolute atomic E-state index is 12.1. The predicted octanol–water partition coefficient (Wildman–Crippen LogP) is 1.96. The summed E-state index contributed by atoms with van der Waals surface area (Å²) in [4.78, 5) is 12.1. The fraction of sp³-hybridized carbons (Fsp3) is 0.263. The fourth-order valence-electron chi connectivity index (χ4n) is 2.71. The van der Waals surface area contributed by atoms with Gasteiger partial charge in [-0.1, -0.05) is 30.3 Å². The molecule has 0 aliphatic rings. The Morgan fingerprint density at radius 3 is 2.69 bits per heavy atom. The van der Waals surface area contributed by atoms with E-state index in [1.165, 1.54) is 6.33 Å². The Hall–Kier alpha value is -3.22. The minimum Gasteiger partial charge on any atom is -0.496 e. The third-order valence-electron chi connectivity index (χ3n) is 4.05. The van der Waals surface area contributed by atoms with Crippen LogP contribution in [0.25, 0.3) is 5.69 Å². The number of para-hydroxylation sites is 1. The average Bonchev–Trinajstić information content (AvgIpc) is 3.21. The van der Waals surface area contributed by atoms with Crippen LogP contribution in [-0.4, -0.2) is 39.8 Å². The third kappa shape index (κ3) is 4.66. The minimum atomic E-state index is 0.0141. The largest absolute Gasteiger partial charge is 0.496 e. The molecule has 0 aliphatic heterocycles. The normalized spacial score (nSPS) is 10.5. The summed E-state index contributed by atoms with van der Waals surface area (Å²) in [6.45, 7) is 0.638. The molecule has 0 saturated heterocycles. The van der Waals surface area contributed by atoms with Gasteiger partial charge in [0.25, 0.3) is 0 Å². The highest BCUT2D eigenvalue weighted by Crippen LogP contribution is 2.18. The third-order valence-corrected chi connectivity index (χ3v) is 4.05. The first-order valence-corrected chi connectivity index (χ1v) is 8.47. The molecule has 7 nitrogen and oxygen atoms in total. The molecule has 0 atom stereocenters. The predicted molar refractivity (Wildman–Crippen MR) is 97.2 cm³/mol. The van der Waals surface area contributed by atoms with E-state index in [1.807, 2.05) is 48.5 Å². The van der Waals surface area contributed by atoms with Gasteiger partial charge in [0.2, 0.25) is 5.91 Å². The van der Waals surface area contributed by atoms with E-state index in [0.717, 1.165) is 35.4 Å². The number of amides is 1. The summed E-state index contributed by atoms with van der Waals surface area (Å²) in [5, 5.41) is 14.0. The summed E-state index contributed by atoms with van der Waals surface area (Å²) in [6.07, 6.45) is 3.61. The smallest absolute Gasteiger partial charge is 0.224 e. The molecule has 3 aromatic rings. The van der Waals surface area contributed by atoms with Crippen molar-refractivity contribution in [1.82, 2.24) is 25.5 Å². The Kier molecular flexibility index (Phi) is 5.92. The zero-order chi connectivity index (χ0) is 18.2. The average molecular weight is 351 g/mol. The van der Waals surface area contributed by atoms with Crippen LogP contribution in [0, 0.1) is 0 Å². The van der Waals surface area contributed by atoms with Crippen LogP contribution < -0.4 is 10.1 Å². The number of ether oxygens (including phenoxy) is 1. The van der Waals surface area contributed by atoms with Crippen LogP contribution in [0.1, 0.15) is 17.5 Å². The topological polar surface area (TPSA) is 81.9 Å². The number of aromatic nitrogens is 4. The van der Waals surface area contributed by atoms with E-state index in [0.29, 0.717) is 13.0 Å². The summed E-state index contributed by atoms with van der Waals surface area (Å²) < 4.78 is 6.91. The molecule has 0 aliphatic carbocycles. The Morgan fingerprint density at radius 2 is 1.96 bits per heavy atom. The molecule has 26 heavy (non-hydrogen) atoms. The first-order valence-electron chi connectivity index (χ1n) is 8.47. The van der Waals surface area contributed by atoms with Crippen molar-refractivity contribution in [3.05, 3.63) is 66.0 Å². The van der Waals surface area contributed by atoms with Crippen molar-refractivity contribution in [2.24, 2.45) is 0 Å². The summed E-state index contributed by atoms with van der Waals surface area (Å²) in [7, 11) is 1.67. The van der Waals surface area contributed by atoms with E-state index in [2.05, 4.69) is 20.8 Å². The van der Waals surface area contributed by atoms with Crippen LogP contribution >= 0.6 is 0 Å². The number of carbonyl (C=O) groups is 1. The van der Waals surface area contributed by atoms with E-state index < -0.39 is 0 Å². The fourth-order valence-corrected chi connectivity index (χ4v) is 2.71. The number of nitrogens with one attached hydrogen (secondary N) is 1. The van der Waals surface area contributed by atoms with Crippen molar-refractivity contribution in [1.29, 1.82) is 0 Å². The highest BCUT2D eigenvalue weighted by Gasteiger charge is 2.05. The van der Waals surface area contributed by atoms with Gasteiger partial charge in [-0.3, -0.25) is 4.79 Å². The second-order valence-electron chi connectivity index (χ2n) is 5.86. The lowest BCUT2D eigenvalue weighted by atomic mass is 10.1. The van der Waals surface area contributed by atoms with Crippen LogP contribution in [0.4, 0.5) is 0 Å². The van der Waals surface area contributed by atoms with Crippen LogP contribution in [0.5, 0.6) is 5.75 Å². The van der Waals surface area contributed by atoms with E-state index in [-0.39, 0.29) is 5.91 Å². The number of rotatable bonds is 8. The molecule has 0 spiro atoms. The van der Waals surface area contributed by atoms with Gasteiger partial charge in [-0.25, -0.2) is 4.68 Å². The number of tetrazole rings is 1. The number of carbonyl (C=O) groups excluding carboxylic acids is 1. The van der Waals surface area contributed by atoms with Gasteiger partial charge in [-0.05, 0) is 52.6 Å². The molecule has 134 valence electrons. The molecular formula is C19H21N5O2. The van der Waals surface area contributed by atoms with Crippen molar-refractivity contribution < 1.29 is 9.53 Å². The van der Waals surface area contributed by atoms with Crippen LogP contribution in [-0.2, 0) is 17.6 Å². The van der Waals surface area contributed by atoms with E-state index >= 15 is 0 Å². The Bertz CT molecular complexity index is 831. The summed E-state index contributed by atoms with van der Waals surface area (Å²) in [5.41, 5.74) is 2.96. The number of methoxy groups -OCH3 is 1. The molecule has 3 rings (SSSR count). The second kappa shape index (κ2) is 8.75. The Balaban J connectivity index is 1.43. The van der Waals surface area contributed by atoms with Gasteiger partial charge >= 0.3 is 0 Å². The first kappa shape index (κ1) is 17.6. The second-order valence-corrected chi connectivity index (χ2v) is 5.86. The molecule has 0 saturated carbocycles. The summed E-state index contributed by atoms with van der Waals surface area (Å²) >= 11 is 0. The van der Waals surface area contributed by atoms with E-state index in [1.54, 1.807) is 11.8 Å². The van der Waals surface area contributed by atoms with Gasteiger partial charge in [0.15, 0.2) is 0 Å². The van der Waals surface area contributed by atoms with Crippen molar-refractivity contribution >= 4 is 5.91 Å². The number of benzene rings is 2. The monoisotopic (exact) mass is 351 g/mol. The zero-order valence-electron chi connectivity index (χ0n) is 14.6. The van der Waals surface area contributed by atoms with Crippen molar-refractivity contribution in [3.63, 3.8) is 0 Å². The van der Waals surface area contributed by atoms with Gasteiger partial charge in [0, 0.05) is 6.54 Å². The minimum absolute atomic E-state index is 0.0141. The zero-order valence-corrected chi connectivity index (χ0v) is 14.6. The van der Waals surface area contributed by atoms with Crippen molar-refractivity contribution in [3.8, 4) is 11.4 Å². The SMILES string of the molecule is COc1ccccc1CCCNC(=O)Cc1ccc(-n2cnnn2)cc1. The lowest BCUT2D eigenvalue weighted by Gasteiger charge is -2.09. The molecule has 1 heterocycles. The van der Waals surface area contributed by atoms with Crippen LogP contribution in [0.3, 0.4) is 0 Å². The van der Waals surface area contributed by atoms with Gasteiger partial charge < -0.3 is 10.1 Å². The standard InChI is InChI=1S/C19H21N5O2/c1-26-18-7-3-2-5-16(18)6-4-12-20-19(25)13-15-8-10-17(11-9-15)24-14-21-22-23-24/h2-3,5,7-11,14H,4,6,12-13H2,1H3,(H,20,25). The Morgan fingerprint density at radius 1 is 1.15 bits per heavy atom. The molecule has 2 aromatic carbocycles. The molecular weight excluding hydrogens is 330 g/mol. The van der Waals surface area contributed by atoms with Crippen molar-refractivity contribution in [2.45, 2.75) is 19.3 Å². The van der Waals surface area contributed by atoms with Crippen LogP contribution in [0.2, 0.25) is 0 Å². The quantitative estimate of drug-likeness (QED) is 0.628. The number of aryl methyl sites for hydroxylation is 1. The molecule has 1 amide bonds. The summed E-state index contributed by atoms with van der Waals surface area (Å²) in [6, 6.07) is 15.5. The van der Waals surface area contributed by atoms with Gasteiger partial charge in [0.05, 0.1) is 19.2 Å². The van der Waals surface area contributed by atoms with E-state index in [4.69, 9.17) is 4.74 Å². The molecule has 0 unspecified atom stereocenters. The molecule has 1 aromatic heterocycles. The molecule has 0 bridgehead atoms. The number of hydrogen-bond donors (Lipinski definition) is 1. The Labute approximate surface area is 152 Å².